The number of nitrogens with two attached hydrogens (primary N) is 1. The molecule has 0 heterocycles. The van der Waals surface area contributed by atoms with Gasteiger partial charge in [0.1, 0.15) is 11.5 Å². The minimum atomic E-state index is -0.592. The summed E-state index contributed by atoms with van der Waals surface area (Å²) in [6.45, 7) is 4.79. The number of hydrogen-bond donors (Lipinski definition) is 2. The fourth-order valence-electron chi connectivity index (χ4n) is 2.27. The lowest BCUT2D eigenvalue weighted by atomic mass is 10.1. The maximum absolute atomic E-state index is 12.0. The molecule has 0 radical (unpaired) electrons. The minimum absolute atomic E-state index is 0.193. The van der Waals surface area contributed by atoms with Gasteiger partial charge in [0.15, 0.2) is 6.61 Å². The first-order valence-electron chi connectivity index (χ1n) is 8.51. The number of nitrogens with one attached hydrogen (secondary N) is 1. The van der Waals surface area contributed by atoms with Gasteiger partial charge in [-0.15, -0.1) is 0 Å². The Morgan fingerprint density at radius 1 is 1.08 bits per heavy atom. The van der Waals surface area contributed by atoms with Crippen molar-refractivity contribution in [2.75, 3.05) is 13.2 Å². The highest BCUT2D eigenvalue weighted by Crippen LogP contribution is 2.19. The lowest BCUT2D eigenvalue weighted by Crippen LogP contribution is -2.28. The van der Waals surface area contributed by atoms with E-state index in [4.69, 9.17) is 15.2 Å². The van der Waals surface area contributed by atoms with Crippen molar-refractivity contribution in [3.05, 3.63) is 59.2 Å². The molecule has 0 bridgehead atoms. The monoisotopic (exact) mass is 356 g/mol. The predicted molar refractivity (Wildman–Crippen MR) is 99.3 cm³/mol. The lowest BCUT2D eigenvalue weighted by Gasteiger charge is -2.11. The highest BCUT2D eigenvalue weighted by atomic mass is 16.5. The largest absolute Gasteiger partial charge is 0.494 e. The summed E-state index contributed by atoms with van der Waals surface area (Å²) in [6, 6.07) is 12.6. The molecule has 26 heavy (non-hydrogen) atoms. The fourth-order valence-corrected chi connectivity index (χ4v) is 2.27. The molecule has 0 saturated carbocycles. The number of primary amides is 1. The lowest BCUT2D eigenvalue weighted by molar-refractivity contribution is -0.123. The first-order valence-corrected chi connectivity index (χ1v) is 8.51. The third-order valence-electron chi connectivity index (χ3n) is 3.65. The van der Waals surface area contributed by atoms with E-state index in [0.29, 0.717) is 18.9 Å². The van der Waals surface area contributed by atoms with E-state index in [2.05, 4.69) is 12.2 Å². The van der Waals surface area contributed by atoms with E-state index >= 15 is 0 Å². The van der Waals surface area contributed by atoms with Crippen molar-refractivity contribution in [2.45, 2.75) is 26.8 Å². The molecule has 6 heteroatoms. The number of aryl methyl sites for hydroxylation is 1. The van der Waals surface area contributed by atoms with Crippen molar-refractivity contribution in [1.29, 1.82) is 0 Å². The second-order valence-electron chi connectivity index (χ2n) is 5.92. The maximum Gasteiger partial charge on any atom is 0.258 e. The van der Waals surface area contributed by atoms with E-state index < -0.39 is 5.91 Å². The zero-order chi connectivity index (χ0) is 18.9. The van der Waals surface area contributed by atoms with E-state index in [1.54, 1.807) is 18.2 Å². The molecule has 0 saturated heterocycles. The van der Waals surface area contributed by atoms with Crippen molar-refractivity contribution in [1.82, 2.24) is 5.32 Å². The summed E-state index contributed by atoms with van der Waals surface area (Å²) >= 11 is 0. The summed E-state index contributed by atoms with van der Waals surface area (Å²) in [6.07, 6.45) is 0.955. The SMILES string of the molecule is CCCOc1ccc(CNC(=O)COc2cc(C)ccc2C(N)=O)cc1. The molecule has 0 aliphatic heterocycles. The van der Waals surface area contributed by atoms with Crippen LogP contribution in [0.3, 0.4) is 0 Å². The maximum atomic E-state index is 12.0. The minimum Gasteiger partial charge on any atom is -0.494 e. The molecular weight excluding hydrogens is 332 g/mol. The quantitative estimate of drug-likeness (QED) is 0.722. The third-order valence-corrected chi connectivity index (χ3v) is 3.65. The van der Waals surface area contributed by atoms with Gasteiger partial charge in [-0.3, -0.25) is 9.59 Å². The van der Waals surface area contributed by atoms with Crippen LogP contribution in [-0.4, -0.2) is 25.0 Å². The molecule has 2 amide bonds. The van der Waals surface area contributed by atoms with E-state index in [1.807, 2.05) is 31.2 Å². The molecule has 0 aliphatic rings. The Morgan fingerprint density at radius 2 is 1.81 bits per heavy atom. The van der Waals surface area contributed by atoms with Gasteiger partial charge in [-0.1, -0.05) is 25.1 Å². The molecule has 0 aliphatic carbocycles. The van der Waals surface area contributed by atoms with Crippen molar-refractivity contribution in [2.24, 2.45) is 5.73 Å². The predicted octanol–water partition coefficient (Wildman–Crippen LogP) is 2.58. The van der Waals surface area contributed by atoms with Crippen LogP contribution in [0, 0.1) is 6.92 Å². The molecule has 3 N–H and O–H groups in total. The Balaban J connectivity index is 1.84. The number of benzene rings is 2. The van der Waals surface area contributed by atoms with Gasteiger partial charge >= 0.3 is 0 Å². The second kappa shape index (κ2) is 9.46. The van der Waals surface area contributed by atoms with Crippen LogP contribution in [0.25, 0.3) is 0 Å². The van der Waals surface area contributed by atoms with Crippen LogP contribution >= 0.6 is 0 Å². The molecule has 2 aromatic carbocycles. The number of amides is 2. The Morgan fingerprint density at radius 3 is 2.46 bits per heavy atom. The Kier molecular flexibility index (Phi) is 7.02. The van der Waals surface area contributed by atoms with Crippen molar-refractivity contribution < 1.29 is 19.1 Å². The average molecular weight is 356 g/mol. The molecule has 6 nitrogen and oxygen atoms in total. The van der Waals surface area contributed by atoms with E-state index in [1.165, 1.54) is 0 Å². The summed E-state index contributed by atoms with van der Waals surface area (Å²) in [7, 11) is 0. The van der Waals surface area contributed by atoms with Gasteiger partial charge in [0, 0.05) is 6.54 Å². The first kappa shape index (κ1) is 19.3. The summed E-state index contributed by atoms with van der Waals surface area (Å²) in [5.41, 5.74) is 7.44. The highest BCUT2D eigenvalue weighted by Gasteiger charge is 2.11. The van der Waals surface area contributed by atoms with Crippen LogP contribution in [0.2, 0.25) is 0 Å². The zero-order valence-electron chi connectivity index (χ0n) is 15.1. The Labute approximate surface area is 153 Å². The number of hydrogen-bond acceptors (Lipinski definition) is 4. The topological polar surface area (TPSA) is 90.7 Å². The molecule has 0 fully saturated rings. The molecular formula is C20H24N2O4. The van der Waals surface area contributed by atoms with Crippen LogP contribution in [-0.2, 0) is 11.3 Å². The highest BCUT2D eigenvalue weighted by molar-refractivity contribution is 5.95. The van der Waals surface area contributed by atoms with Crippen molar-refractivity contribution in [3.63, 3.8) is 0 Å². The number of rotatable bonds is 9. The van der Waals surface area contributed by atoms with Gasteiger partial charge in [-0.05, 0) is 48.7 Å². The van der Waals surface area contributed by atoms with Crippen LogP contribution in [0.4, 0.5) is 0 Å². The average Bonchev–Trinajstić information content (AvgIpc) is 2.63. The molecule has 138 valence electrons. The molecule has 0 unspecified atom stereocenters. The molecule has 2 aromatic rings. The first-order chi connectivity index (χ1) is 12.5. The molecule has 2 rings (SSSR count). The second-order valence-corrected chi connectivity index (χ2v) is 5.92. The van der Waals surface area contributed by atoms with Crippen LogP contribution < -0.4 is 20.5 Å². The smallest absolute Gasteiger partial charge is 0.258 e. The Bertz CT molecular complexity index is 757. The summed E-state index contributed by atoms with van der Waals surface area (Å²) in [4.78, 5) is 23.4. The van der Waals surface area contributed by atoms with Crippen LogP contribution in [0.5, 0.6) is 11.5 Å². The van der Waals surface area contributed by atoms with Crippen LogP contribution in [0.15, 0.2) is 42.5 Å². The number of carbonyl (C=O) groups excluding carboxylic acids is 2. The number of ether oxygens (including phenoxy) is 2. The molecule has 0 spiro atoms. The van der Waals surface area contributed by atoms with E-state index in [9.17, 15) is 9.59 Å². The standard InChI is InChI=1S/C20H24N2O4/c1-3-10-25-16-7-5-15(6-8-16)12-22-19(23)13-26-18-11-14(2)4-9-17(18)20(21)24/h4-9,11H,3,10,12-13H2,1-2H3,(H2,21,24)(H,22,23). The molecule has 0 atom stereocenters. The van der Waals surface area contributed by atoms with E-state index in [-0.39, 0.29) is 18.1 Å². The normalized spacial score (nSPS) is 10.2. The Hall–Kier alpha value is -3.02. The fraction of sp³-hybridized carbons (Fsp3) is 0.300. The van der Waals surface area contributed by atoms with E-state index in [0.717, 1.165) is 23.3 Å². The van der Waals surface area contributed by atoms with Crippen molar-refractivity contribution >= 4 is 11.8 Å². The van der Waals surface area contributed by atoms with Crippen LogP contribution in [0.1, 0.15) is 34.8 Å². The van der Waals surface area contributed by atoms with Gasteiger partial charge in [0.25, 0.3) is 11.8 Å². The summed E-state index contributed by atoms with van der Waals surface area (Å²) < 4.78 is 11.0. The number of carbonyl (C=O) groups is 2. The third kappa shape index (κ3) is 5.81. The van der Waals surface area contributed by atoms with Gasteiger partial charge in [-0.2, -0.15) is 0 Å². The van der Waals surface area contributed by atoms with Gasteiger partial charge in [0.05, 0.1) is 12.2 Å². The zero-order valence-corrected chi connectivity index (χ0v) is 15.1. The van der Waals surface area contributed by atoms with Gasteiger partial charge < -0.3 is 20.5 Å². The van der Waals surface area contributed by atoms with Gasteiger partial charge in [-0.25, -0.2) is 0 Å². The van der Waals surface area contributed by atoms with Gasteiger partial charge in [0.2, 0.25) is 0 Å². The summed E-state index contributed by atoms with van der Waals surface area (Å²) in [5, 5.41) is 2.77. The molecule has 0 aromatic heterocycles. The van der Waals surface area contributed by atoms with Crippen molar-refractivity contribution in [3.8, 4) is 11.5 Å². The summed E-state index contributed by atoms with van der Waals surface area (Å²) in [5.74, 6) is 0.243.